The number of aromatic nitrogens is 2. The van der Waals surface area contributed by atoms with Crippen molar-refractivity contribution < 1.29 is 4.79 Å². The van der Waals surface area contributed by atoms with E-state index < -0.39 is 0 Å². The fourth-order valence-corrected chi connectivity index (χ4v) is 3.23. The lowest BCUT2D eigenvalue weighted by molar-refractivity contribution is -0.111. The Bertz CT molecular complexity index is 1020. The highest BCUT2D eigenvalue weighted by atomic mass is 32.1. The van der Waals surface area contributed by atoms with E-state index >= 15 is 0 Å². The second-order valence-corrected chi connectivity index (χ2v) is 7.11. The van der Waals surface area contributed by atoms with Crippen LogP contribution in [0, 0.1) is 6.92 Å². The first-order chi connectivity index (χ1) is 12.5. The highest BCUT2D eigenvalue weighted by molar-refractivity contribution is 7.12. The SMILES string of the molecule is CCc1cc(=O)[nH]c(-c2cccc(NC(=O)C=Cc3ccc(C)s3)c2)n1. The summed E-state index contributed by atoms with van der Waals surface area (Å²) < 4.78 is 0. The third-order valence-electron chi connectivity index (χ3n) is 3.72. The maximum atomic E-state index is 12.1. The average molecular weight is 365 g/mol. The van der Waals surface area contributed by atoms with Gasteiger partial charge in [0.15, 0.2) is 0 Å². The Morgan fingerprint density at radius 2 is 2.12 bits per heavy atom. The Morgan fingerprint density at radius 3 is 2.85 bits per heavy atom. The van der Waals surface area contributed by atoms with E-state index in [2.05, 4.69) is 15.3 Å². The number of benzene rings is 1. The lowest BCUT2D eigenvalue weighted by atomic mass is 10.1. The maximum absolute atomic E-state index is 12.1. The topological polar surface area (TPSA) is 74.8 Å². The first-order valence-electron chi connectivity index (χ1n) is 8.29. The van der Waals surface area contributed by atoms with Crippen LogP contribution >= 0.6 is 11.3 Å². The number of nitrogens with zero attached hydrogens (tertiary/aromatic N) is 1. The molecule has 3 aromatic rings. The number of thiophene rings is 1. The number of carbonyl (C=O) groups excluding carboxylic acids is 1. The van der Waals surface area contributed by atoms with Gasteiger partial charge in [-0.05, 0) is 43.7 Å². The van der Waals surface area contributed by atoms with Crippen molar-refractivity contribution in [2.24, 2.45) is 0 Å². The van der Waals surface area contributed by atoms with Crippen molar-refractivity contribution in [3.05, 3.63) is 74.3 Å². The van der Waals surface area contributed by atoms with Gasteiger partial charge in [0.2, 0.25) is 5.91 Å². The first kappa shape index (κ1) is 17.8. The first-order valence-corrected chi connectivity index (χ1v) is 9.11. The minimum atomic E-state index is -0.211. The summed E-state index contributed by atoms with van der Waals surface area (Å²) >= 11 is 1.63. The molecule has 0 spiro atoms. The zero-order valence-corrected chi connectivity index (χ0v) is 15.4. The molecule has 0 atom stereocenters. The molecule has 132 valence electrons. The third-order valence-corrected chi connectivity index (χ3v) is 4.69. The number of aromatic amines is 1. The van der Waals surface area contributed by atoms with Gasteiger partial charge in [0.05, 0.1) is 0 Å². The van der Waals surface area contributed by atoms with Crippen molar-refractivity contribution in [3.63, 3.8) is 0 Å². The molecule has 0 radical (unpaired) electrons. The Hall–Kier alpha value is -2.99. The van der Waals surface area contributed by atoms with Gasteiger partial charge in [-0.1, -0.05) is 19.1 Å². The highest BCUT2D eigenvalue weighted by Crippen LogP contribution is 2.20. The number of rotatable bonds is 5. The molecular formula is C20H19N3O2S. The molecule has 6 heteroatoms. The molecule has 2 aromatic heterocycles. The predicted octanol–water partition coefficient (Wildman–Crippen LogP) is 4.02. The molecule has 0 aliphatic heterocycles. The van der Waals surface area contributed by atoms with Crippen molar-refractivity contribution in [2.75, 3.05) is 5.32 Å². The molecule has 0 aliphatic carbocycles. The van der Waals surface area contributed by atoms with Crippen LogP contribution < -0.4 is 10.9 Å². The average Bonchev–Trinajstić information content (AvgIpc) is 3.05. The summed E-state index contributed by atoms with van der Waals surface area (Å²) in [5.74, 6) is 0.284. The highest BCUT2D eigenvalue weighted by Gasteiger charge is 2.05. The second-order valence-electron chi connectivity index (χ2n) is 5.79. The van der Waals surface area contributed by atoms with Crippen LogP contribution in [0.3, 0.4) is 0 Å². The van der Waals surface area contributed by atoms with Gasteiger partial charge in [-0.15, -0.1) is 11.3 Å². The van der Waals surface area contributed by atoms with E-state index in [0.717, 1.165) is 16.1 Å². The lowest BCUT2D eigenvalue weighted by Crippen LogP contribution is -2.10. The number of nitrogens with one attached hydrogen (secondary N) is 2. The molecule has 1 amide bonds. The van der Waals surface area contributed by atoms with Gasteiger partial charge in [0.25, 0.3) is 5.56 Å². The molecule has 3 rings (SSSR count). The molecule has 0 unspecified atom stereocenters. The van der Waals surface area contributed by atoms with E-state index in [1.807, 2.05) is 38.1 Å². The summed E-state index contributed by atoms with van der Waals surface area (Å²) in [5.41, 5.74) is 1.93. The zero-order chi connectivity index (χ0) is 18.5. The lowest BCUT2D eigenvalue weighted by Gasteiger charge is -2.06. The Labute approximate surface area is 155 Å². The Morgan fingerprint density at radius 1 is 1.27 bits per heavy atom. The van der Waals surface area contributed by atoms with Gasteiger partial charge in [-0.3, -0.25) is 9.59 Å². The van der Waals surface area contributed by atoms with Crippen LogP contribution in [-0.2, 0) is 11.2 Å². The van der Waals surface area contributed by atoms with Crippen molar-refractivity contribution in [2.45, 2.75) is 20.3 Å². The number of hydrogen-bond acceptors (Lipinski definition) is 4. The number of hydrogen-bond donors (Lipinski definition) is 2. The van der Waals surface area contributed by atoms with E-state index in [1.165, 1.54) is 17.0 Å². The molecule has 0 saturated heterocycles. The van der Waals surface area contributed by atoms with E-state index in [1.54, 1.807) is 29.5 Å². The van der Waals surface area contributed by atoms with Crippen LogP contribution in [0.2, 0.25) is 0 Å². The number of aryl methyl sites for hydroxylation is 2. The van der Waals surface area contributed by atoms with Gasteiger partial charge in [-0.25, -0.2) is 4.98 Å². The number of H-pyrrole nitrogens is 1. The number of anilines is 1. The fraction of sp³-hybridized carbons (Fsp3) is 0.150. The molecule has 5 nitrogen and oxygen atoms in total. The van der Waals surface area contributed by atoms with E-state index in [-0.39, 0.29) is 11.5 Å². The summed E-state index contributed by atoms with van der Waals surface area (Å²) in [6, 6.07) is 12.7. The van der Waals surface area contributed by atoms with Crippen LogP contribution in [0.4, 0.5) is 5.69 Å². The number of amides is 1. The molecule has 0 fully saturated rings. The molecule has 0 aliphatic rings. The predicted molar refractivity (Wildman–Crippen MR) is 106 cm³/mol. The Kier molecular flexibility index (Phi) is 5.43. The minimum Gasteiger partial charge on any atom is -0.322 e. The van der Waals surface area contributed by atoms with Crippen LogP contribution in [0.25, 0.3) is 17.5 Å². The van der Waals surface area contributed by atoms with Crippen molar-refractivity contribution in [1.29, 1.82) is 0 Å². The summed E-state index contributed by atoms with van der Waals surface area (Å²) in [4.78, 5) is 33.3. The van der Waals surface area contributed by atoms with E-state index in [0.29, 0.717) is 17.9 Å². The minimum absolute atomic E-state index is 0.185. The third kappa shape index (κ3) is 4.55. The largest absolute Gasteiger partial charge is 0.322 e. The fourth-order valence-electron chi connectivity index (χ4n) is 2.45. The van der Waals surface area contributed by atoms with Gasteiger partial charge < -0.3 is 10.3 Å². The van der Waals surface area contributed by atoms with Gasteiger partial charge in [-0.2, -0.15) is 0 Å². The molecule has 2 N–H and O–H groups in total. The smallest absolute Gasteiger partial charge is 0.251 e. The van der Waals surface area contributed by atoms with Crippen molar-refractivity contribution in [3.8, 4) is 11.4 Å². The monoisotopic (exact) mass is 365 g/mol. The van der Waals surface area contributed by atoms with Crippen molar-refractivity contribution >= 4 is 29.0 Å². The molecule has 0 saturated carbocycles. The summed E-state index contributed by atoms with van der Waals surface area (Å²) in [5, 5.41) is 2.83. The van der Waals surface area contributed by atoms with Crippen LogP contribution in [0.1, 0.15) is 22.4 Å². The van der Waals surface area contributed by atoms with Crippen LogP contribution in [-0.4, -0.2) is 15.9 Å². The molecule has 26 heavy (non-hydrogen) atoms. The molecular weight excluding hydrogens is 346 g/mol. The quantitative estimate of drug-likeness (QED) is 0.671. The summed E-state index contributed by atoms with van der Waals surface area (Å²) in [6.07, 6.45) is 3.98. The van der Waals surface area contributed by atoms with Crippen LogP contribution in [0.15, 0.2) is 53.3 Å². The van der Waals surface area contributed by atoms with Gasteiger partial charge >= 0.3 is 0 Å². The number of carbonyl (C=O) groups is 1. The zero-order valence-electron chi connectivity index (χ0n) is 14.6. The van der Waals surface area contributed by atoms with E-state index in [9.17, 15) is 9.59 Å². The van der Waals surface area contributed by atoms with Gasteiger partial charge in [0, 0.05) is 38.8 Å². The summed E-state index contributed by atoms with van der Waals surface area (Å²) in [7, 11) is 0. The molecule has 2 heterocycles. The molecule has 1 aromatic carbocycles. The standard InChI is InChI=1S/C20H19N3O2S/c1-3-15-12-19(25)23-20(22-15)14-5-4-6-16(11-14)21-18(24)10-9-17-8-7-13(2)26-17/h4-12H,3H2,1-2H3,(H,21,24)(H,22,23,25). The maximum Gasteiger partial charge on any atom is 0.251 e. The van der Waals surface area contributed by atoms with Crippen molar-refractivity contribution in [1.82, 2.24) is 9.97 Å². The normalized spacial score (nSPS) is 11.0. The second kappa shape index (κ2) is 7.93. The van der Waals surface area contributed by atoms with E-state index in [4.69, 9.17) is 0 Å². The molecule has 0 bridgehead atoms. The van der Waals surface area contributed by atoms with Crippen LogP contribution in [0.5, 0.6) is 0 Å². The Balaban J connectivity index is 1.77. The summed E-state index contributed by atoms with van der Waals surface area (Å²) in [6.45, 7) is 3.98. The van der Waals surface area contributed by atoms with Gasteiger partial charge in [0.1, 0.15) is 5.82 Å².